The second-order valence-corrected chi connectivity index (χ2v) is 12.2. The second kappa shape index (κ2) is 10.7. The smallest absolute Gasteiger partial charge is 0.336 e. The number of benzene rings is 3. The highest BCUT2D eigenvalue weighted by Crippen LogP contribution is 2.45. The number of nitrogens with one attached hydrogen (secondary N) is 1. The number of amides is 1. The van der Waals surface area contributed by atoms with Gasteiger partial charge in [0.05, 0.1) is 39.6 Å². The summed E-state index contributed by atoms with van der Waals surface area (Å²) in [5.74, 6) is -6.89. The van der Waals surface area contributed by atoms with Gasteiger partial charge in [0.1, 0.15) is 22.8 Å². The number of sulfone groups is 1. The zero-order valence-electron chi connectivity index (χ0n) is 21.8. The topological polar surface area (TPSA) is 212 Å². The molecule has 1 aliphatic rings. The molecule has 2 atom stereocenters. The van der Waals surface area contributed by atoms with Crippen LogP contribution in [0.1, 0.15) is 61.2 Å². The Morgan fingerprint density at radius 2 is 1.57 bits per heavy atom. The highest BCUT2D eigenvalue weighted by atomic mass is 32.2. The van der Waals surface area contributed by atoms with Gasteiger partial charge >= 0.3 is 5.97 Å². The van der Waals surface area contributed by atoms with Crippen molar-refractivity contribution < 1.29 is 52.8 Å². The summed E-state index contributed by atoms with van der Waals surface area (Å²) >= 11 is 0. The van der Waals surface area contributed by atoms with E-state index < -0.39 is 79.1 Å². The van der Waals surface area contributed by atoms with Gasteiger partial charge in [-0.25, -0.2) is 13.2 Å². The summed E-state index contributed by atoms with van der Waals surface area (Å²) in [6.45, 7) is 0. The Balaban J connectivity index is 1.62. The monoisotopic (exact) mass is 595 g/mol. The zero-order chi connectivity index (χ0) is 30.3. The van der Waals surface area contributed by atoms with Gasteiger partial charge < -0.3 is 35.3 Å². The molecule has 2 heterocycles. The fourth-order valence-corrected chi connectivity index (χ4v) is 6.90. The number of carboxylic acids is 1. The highest BCUT2D eigenvalue weighted by molar-refractivity contribution is 7.91. The molecule has 1 aliphatic heterocycles. The molecule has 1 saturated heterocycles. The van der Waals surface area contributed by atoms with Gasteiger partial charge in [-0.1, -0.05) is 6.07 Å². The van der Waals surface area contributed by atoms with Crippen molar-refractivity contribution >= 4 is 38.5 Å². The van der Waals surface area contributed by atoms with Crippen LogP contribution in [-0.2, 0) is 9.84 Å². The van der Waals surface area contributed by atoms with Gasteiger partial charge in [0, 0.05) is 11.5 Å². The number of hydrogen-bond donors (Lipinski definition) is 6. The SMILES string of the molecule is O=C(NC1CS(=O)(=O)CCCC1c1oc2ccc(O)c(C(=O)c3c(O)cccc3C(=O)O)c2c1O)c1ccc(O)cc1. The number of phenols is 3. The van der Waals surface area contributed by atoms with Crippen LogP contribution in [0.2, 0.25) is 0 Å². The van der Waals surface area contributed by atoms with Crippen LogP contribution in [0.5, 0.6) is 23.0 Å². The molecule has 5 rings (SSSR count). The molecule has 0 spiro atoms. The van der Waals surface area contributed by atoms with Crippen LogP contribution in [0.4, 0.5) is 0 Å². The van der Waals surface area contributed by atoms with Crippen molar-refractivity contribution in [2.75, 3.05) is 11.5 Å². The molecule has 1 amide bonds. The molecule has 42 heavy (non-hydrogen) atoms. The number of ketones is 1. The van der Waals surface area contributed by atoms with E-state index in [1.54, 1.807) is 0 Å². The van der Waals surface area contributed by atoms with E-state index in [-0.39, 0.29) is 46.6 Å². The maximum absolute atomic E-state index is 13.6. The summed E-state index contributed by atoms with van der Waals surface area (Å²) in [7, 11) is -3.62. The molecule has 3 aromatic carbocycles. The molecular weight excluding hydrogens is 570 g/mol. The first-order chi connectivity index (χ1) is 19.9. The number of phenolic OH excluding ortho intramolecular Hbond substituents is 3. The summed E-state index contributed by atoms with van der Waals surface area (Å²) in [5.41, 5.74) is -1.61. The lowest BCUT2D eigenvalue weighted by molar-refractivity contribution is 0.0691. The lowest BCUT2D eigenvalue weighted by Gasteiger charge is -2.24. The maximum Gasteiger partial charge on any atom is 0.336 e. The lowest BCUT2D eigenvalue weighted by Crippen LogP contribution is -2.43. The van der Waals surface area contributed by atoms with Crippen LogP contribution in [-0.4, -0.2) is 69.2 Å². The summed E-state index contributed by atoms with van der Waals surface area (Å²) in [5, 5.41) is 53.9. The fourth-order valence-electron chi connectivity index (χ4n) is 5.26. The third-order valence-electron chi connectivity index (χ3n) is 7.23. The van der Waals surface area contributed by atoms with Crippen LogP contribution in [0.3, 0.4) is 0 Å². The quantitative estimate of drug-likeness (QED) is 0.178. The lowest BCUT2D eigenvalue weighted by atomic mass is 9.90. The van der Waals surface area contributed by atoms with Crippen LogP contribution in [0.15, 0.2) is 59.0 Å². The zero-order valence-corrected chi connectivity index (χ0v) is 22.6. The number of hydrogen-bond acceptors (Lipinski definition) is 10. The van der Waals surface area contributed by atoms with Gasteiger partial charge in [-0.15, -0.1) is 0 Å². The minimum atomic E-state index is -3.62. The number of carbonyl (C=O) groups is 3. The van der Waals surface area contributed by atoms with Crippen LogP contribution < -0.4 is 5.32 Å². The van der Waals surface area contributed by atoms with E-state index in [2.05, 4.69) is 5.32 Å². The Hall–Kier alpha value is -5.04. The van der Waals surface area contributed by atoms with Gasteiger partial charge in [0.2, 0.25) is 5.78 Å². The Morgan fingerprint density at radius 3 is 2.26 bits per heavy atom. The predicted octanol–water partition coefficient (Wildman–Crippen LogP) is 3.28. The van der Waals surface area contributed by atoms with Crippen LogP contribution in [0, 0.1) is 0 Å². The number of fused-ring (bicyclic) bond motifs is 1. The van der Waals surface area contributed by atoms with E-state index in [0.717, 1.165) is 18.2 Å². The van der Waals surface area contributed by atoms with Crippen molar-refractivity contribution in [2.24, 2.45) is 0 Å². The Labute approximate surface area is 238 Å². The van der Waals surface area contributed by atoms with Crippen molar-refractivity contribution in [2.45, 2.75) is 24.8 Å². The minimum Gasteiger partial charge on any atom is -0.508 e. The average Bonchev–Trinajstić information content (AvgIpc) is 3.17. The average molecular weight is 596 g/mol. The first-order valence-corrected chi connectivity index (χ1v) is 14.6. The summed E-state index contributed by atoms with van der Waals surface area (Å²) in [6, 6.07) is 10.0. The van der Waals surface area contributed by atoms with Gasteiger partial charge in [0.25, 0.3) is 5.91 Å². The number of furan rings is 1. The summed E-state index contributed by atoms with van der Waals surface area (Å²) in [4.78, 5) is 38.4. The fraction of sp³-hybridized carbons (Fsp3) is 0.207. The molecule has 13 heteroatoms. The van der Waals surface area contributed by atoms with Crippen molar-refractivity contribution in [3.05, 3.63) is 82.6 Å². The first kappa shape index (κ1) is 28.5. The normalized spacial score (nSPS) is 18.3. The van der Waals surface area contributed by atoms with Crippen LogP contribution in [0.25, 0.3) is 11.0 Å². The number of rotatable bonds is 6. The van der Waals surface area contributed by atoms with E-state index >= 15 is 0 Å². The molecular formula is C29H25NO11S. The Morgan fingerprint density at radius 1 is 0.881 bits per heavy atom. The Bertz CT molecular complexity index is 1840. The highest BCUT2D eigenvalue weighted by Gasteiger charge is 2.38. The largest absolute Gasteiger partial charge is 0.508 e. The third-order valence-corrected chi connectivity index (χ3v) is 9.01. The van der Waals surface area contributed by atoms with Crippen molar-refractivity contribution in [1.29, 1.82) is 0 Å². The molecule has 6 N–H and O–H groups in total. The molecule has 0 bridgehead atoms. The number of aromatic hydroxyl groups is 4. The molecule has 4 aromatic rings. The van der Waals surface area contributed by atoms with Gasteiger partial charge in [-0.2, -0.15) is 0 Å². The van der Waals surface area contributed by atoms with Crippen molar-refractivity contribution in [1.82, 2.24) is 5.32 Å². The number of aromatic carboxylic acids is 1. The van der Waals surface area contributed by atoms with E-state index in [4.69, 9.17) is 4.42 Å². The molecule has 2 unspecified atom stereocenters. The van der Waals surface area contributed by atoms with Crippen LogP contribution >= 0.6 is 0 Å². The van der Waals surface area contributed by atoms with Crippen molar-refractivity contribution in [3.63, 3.8) is 0 Å². The molecule has 1 fully saturated rings. The predicted molar refractivity (Wildman–Crippen MR) is 148 cm³/mol. The first-order valence-electron chi connectivity index (χ1n) is 12.8. The molecule has 0 aliphatic carbocycles. The third kappa shape index (κ3) is 5.21. The number of carbonyl (C=O) groups excluding carboxylic acids is 2. The summed E-state index contributed by atoms with van der Waals surface area (Å²) in [6.07, 6.45) is 0.330. The summed E-state index contributed by atoms with van der Waals surface area (Å²) < 4.78 is 31.3. The molecule has 0 saturated carbocycles. The van der Waals surface area contributed by atoms with Gasteiger partial charge in [-0.05, 0) is 61.4 Å². The molecule has 12 nitrogen and oxygen atoms in total. The molecule has 218 valence electrons. The van der Waals surface area contributed by atoms with E-state index in [0.29, 0.717) is 0 Å². The molecule has 1 aromatic heterocycles. The number of carboxylic acid groups (broad SMARTS) is 1. The van der Waals surface area contributed by atoms with Gasteiger partial charge in [-0.3, -0.25) is 9.59 Å². The van der Waals surface area contributed by atoms with E-state index in [1.165, 1.54) is 36.4 Å². The van der Waals surface area contributed by atoms with E-state index in [9.17, 15) is 48.3 Å². The Kier molecular flexibility index (Phi) is 7.29. The standard InChI is InChI=1S/C29H25NO11S/c31-15-8-6-14(7-9-15)28(36)30-18-13-42(39,40)12-2-4-16(18)27-26(35)24-21(41-27)11-10-20(33)23(24)25(34)22-17(29(37)38)3-1-5-19(22)32/h1,3,5-11,16,18,31-33,35H,2,4,12-13H2,(H,30,36)(H,37,38). The molecule has 0 radical (unpaired) electrons. The van der Waals surface area contributed by atoms with Crippen molar-refractivity contribution in [3.8, 4) is 23.0 Å². The minimum absolute atomic E-state index is 0.0680. The van der Waals surface area contributed by atoms with E-state index in [1.807, 2.05) is 0 Å². The maximum atomic E-state index is 13.6. The van der Waals surface area contributed by atoms with Gasteiger partial charge in [0.15, 0.2) is 21.3 Å². The second-order valence-electron chi connectivity index (χ2n) is 9.97.